The van der Waals surface area contributed by atoms with E-state index in [9.17, 15) is 0 Å². The van der Waals surface area contributed by atoms with Gasteiger partial charge in [0.1, 0.15) is 10.5 Å². The van der Waals surface area contributed by atoms with Gasteiger partial charge < -0.3 is 9.16 Å². The molecule has 0 saturated carbocycles. The van der Waals surface area contributed by atoms with Crippen LogP contribution in [0.2, 0.25) is 13.1 Å². The molecule has 12 heavy (non-hydrogen) atoms. The van der Waals surface area contributed by atoms with Gasteiger partial charge in [-0.05, 0) is 19.3 Å². The fourth-order valence-corrected chi connectivity index (χ4v) is 4.41. The lowest BCUT2D eigenvalue weighted by molar-refractivity contribution is -0.0472. The quantitative estimate of drug-likeness (QED) is 0.614. The number of rotatable bonds is 3. The van der Waals surface area contributed by atoms with Crippen molar-refractivity contribution >= 4 is 19.3 Å². The predicted octanol–water partition coefficient (Wildman–Crippen LogP) is 0.249. The highest BCUT2D eigenvalue weighted by atomic mass is 28.3. The molecule has 1 aliphatic heterocycles. The first-order chi connectivity index (χ1) is 5.71. The smallest absolute Gasteiger partial charge is 0.146 e. The fourth-order valence-electron chi connectivity index (χ4n) is 1.85. The van der Waals surface area contributed by atoms with Crippen molar-refractivity contribution in [2.24, 2.45) is 0 Å². The molecule has 1 aliphatic rings. The lowest BCUT2D eigenvalue weighted by Crippen LogP contribution is -2.51. The second kappa shape index (κ2) is 4.55. The van der Waals surface area contributed by atoms with Crippen molar-refractivity contribution in [3.8, 4) is 0 Å². The Morgan fingerprint density at radius 3 is 2.67 bits per heavy atom. The molecular formula is C8H20O2Si2. The average Bonchev–Trinajstić information content (AvgIpc) is 2.06. The molecule has 0 aromatic carbocycles. The highest BCUT2D eigenvalue weighted by molar-refractivity contribution is 6.59. The molecule has 1 fully saturated rings. The lowest BCUT2D eigenvalue weighted by Gasteiger charge is -2.40. The summed E-state index contributed by atoms with van der Waals surface area (Å²) < 4.78 is 11.3. The van der Waals surface area contributed by atoms with Crippen LogP contribution < -0.4 is 0 Å². The zero-order valence-electron chi connectivity index (χ0n) is 8.43. The van der Waals surface area contributed by atoms with Crippen molar-refractivity contribution in [3.05, 3.63) is 0 Å². The van der Waals surface area contributed by atoms with E-state index in [4.69, 9.17) is 9.16 Å². The monoisotopic (exact) mass is 204 g/mol. The summed E-state index contributed by atoms with van der Waals surface area (Å²) in [6.45, 7) is 6.55. The molecule has 0 spiro atoms. The third kappa shape index (κ3) is 2.19. The first-order valence-electron chi connectivity index (χ1n) is 4.84. The maximum atomic E-state index is 5.93. The lowest BCUT2D eigenvalue weighted by atomic mass is 10.1. The second-order valence-corrected chi connectivity index (χ2v) is 7.90. The molecule has 0 aromatic rings. The van der Waals surface area contributed by atoms with Crippen LogP contribution in [0, 0.1) is 0 Å². The fraction of sp³-hybridized carbons (Fsp3) is 1.00. The molecule has 0 aliphatic carbocycles. The minimum atomic E-state index is -0.730. The van der Waals surface area contributed by atoms with Crippen LogP contribution in [0.1, 0.15) is 19.3 Å². The van der Waals surface area contributed by atoms with Crippen LogP contribution in [0.3, 0.4) is 0 Å². The van der Waals surface area contributed by atoms with Crippen molar-refractivity contribution in [2.75, 3.05) is 13.2 Å². The van der Waals surface area contributed by atoms with E-state index < -0.39 is 8.80 Å². The Bertz CT molecular complexity index is 128. The molecule has 0 aromatic heterocycles. The minimum absolute atomic E-state index is 0.181. The number of hydrogen-bond donors (Lipinski definition) is 0. The molecule has 2 nitrogen and oxygen atoms in total. The topological polar surface area (TPSA) is 18.5 Å². The molecule has 1 heterocycles. The van der Waals surface area contributed by atoms with Crippen LogP contribution in [0.15, 0.2) is 0 Å². The molecule has 4 heteroatoms. The standard InChI is InChI=1S/C8H20O2Si2/c1-12(2)8(7-10-11)5-3-4-6-9-8/h12H,3-7H2,1-2,11H3. The highest BCUT2D eigenvalue weighted by Gasteiger charge is 2.36. The number of hydrogen-bond acceptors (Lipinski definition) is 2. The molecule has 0 N–H and O–H groups in total. The first-order valence-corrected chi connectivity index (χ1v) is 8.54. The van der Waals surface area contributed by atoms with Crippen molar-refractivity contribution in [1.29, 1.82) is 0 Å². The van der Waals surface area contributed by atoms with Crippen molar-refractivity contribution in [3.63, 3.8) is 0 Å². The van der Waals surface area contributed by atoms with Gasteiger partial charge >= 0.3 is 0 Å². The number of ether oxygens (including phenoxy) is 1. The Morgan fingerprint density at radius 2 is 2.25 bits per heavy atom. The second-order valence-electron chi connectivity index (χ2n) is 3.96. The van der Waals surface area contributed by atoms with Gasteiger partial charge in [0, 0.05) is 6.61 Å². The van der Waals surface area contributed by atoms with Gasteiger partial charge in [-0.1, -0.05) is 13.1 Å². The van der Waals surface area contributed by atoms with E-state index in [2.05, 4.69) is 13.1 Å². The third-order valence-electron chi connectivity index (χ3n) is 2.82. The van der Waals surface area contributed by atoms with E-state index in [0.717, 1.165) is 23.7 Å². The van der Waals surface area contributed by atoms with Gasteiger partial charge in [0.25, 0.3) is 0 Å². The molecule has 1 rings (SSSR count). The highest BCUT2D eigenvalue weighted by Crippen LogP contribution is 2.27. The summed E-state index contributed by atoms with van der Waals surface area (Å²) in [7, 11) is 0.113. The largest absolute Gasteiger partial charge is 0.425 e. The van der Waals surface area contributed by atoms with Crippen LogP contribution in [0.5, 0.6) is 0 Å². The molecule has 1 atom stereocenters. The van der Waals surface area contributed by atoms with E-state index in [1.54, 1.807) is 0 Å². The van der Waals surface area contributed by atoms with Gasteiger partial charge in [0.2, 0.25) is 0 Å². The predicted molar refractivity (Wildman–Crippen MR) is 57.3 cm³/mol. The minimum Gasteiger partial charge on any atom is -0.425 e. The van der Waals surface area contributed by atoms with Crippen LogP contribution in [-0.2, 0) is 9.16 Å². The molecular weight excluding hydrogens is 184 g/mol. The molecule has 72 valence electrons. The zero-order chi connectivity index (χ0) is 9.03. The summed E-state index contributed by atoms with van der Waals surface area (Å²) in [4.78, 5) is 0. The Morgan fingerprint density at radius 1 is 1.50 bits per heavy atom. The van der Waals surface area contributed by atoms with E-state index in [-0.39, 0.29) is 5.22 Å². The molecule has 1 saturated heterocycles. The van der Waals surface area contributed by atoms with Gasteiger partial charge in [0.05, 0.1) is 20.6 Å². The molecule has 0 bridgehead atoms. The average molecular weight is 204 g/mol. The maximum Gasteiger partial charge on any atom is 0.146 e. The summed E-state index contributed by atoms with van der Waals surface area (Å²) in [5, 5.41) is 0.181. The molecule has 0 amide bonds. The van der Waals surface area contributed by atoms with Crippen LogP contribution in [0.4, 0.5) is 0 Å². The van der Waals surface area contributed by atoms with Crippen LogP contribution >= 0.6 is 0 Å². The summed E-state index contributed by atoms with van der Waals surface area (Å²) in [6.07, 6.45) is 3.80. The van der Waals surface area contributed by atoms with Crippen molar-refractivity contribution in [1.82, 2.24) is 0 Å². The van der Waals surface area contributed by atoms with Gasteiger partial charge in [-0.3, -0.25) is 0 Å². The summed E-state index contributed by atoms with van der Waals surface area (Å²) in [5.74, 6) is 0. The summed E-state index contributed by atoms with van der Waals surface area (Å²) >= 11 is 0. The third-order valence-corrected chi connectivity index (χ3v) is 5.84. The van der Waals surface area contributed by atoms with Crippen molar-refractivity contribution in [2.45, 2.75) is 37.6 Å². The Balaban J connectivity index is 2.56. The Hall–Kier alpha value is 0.354. The Labute approximate surface area is 79.8 Å². The SMILES string of the molecule is C[SiH](C)C1(CO[SiH3])CCCCO1. The van der Waals surface area contributed by atoms with Crippen LogP contribution in [0.25, 0.3) is 0 Å². The maximum absolute atomic E-state index is 5.93. The molecule has 1 unspecified atom stereocenters. The van der Waals surface area contributed by atoms with Crippen LogP contribution in [-0.4, -0.2) is 37.7 Å². The van der Waals surface area contributed by atoms with Crippen molar-refractivity contribution < 1.29 is 9.16 Å². The van der Waals surface area contributed by atoms with E-state index in [1.807, 2.05) is 0 Å². The summed E-state index contributed by atoms with van der Waals surface area (Å²) in [6, 6.07) is 0. The van der Waals surface area contributed by atoms with Gasteiger partial charge in [-0.2, -0.15) is 0 Å². The van der Waals surface area contributed by atoms with Gasteiger partial charge in [-0.25, -0.2) is 0 Å². The van der Waals surface area contributed by atoms with Gasteiger partial charge in [0.15, 0.2) is 0 Å². The zero-order valence-corrected chi connectivity index (χ0v) is 11.6. The normalized spacial score (nSPS) is 31.2. The first kappa shape index (κ1) is 10.4. The van der Waals surface area contributed by atoms with E-state index in [1.165, 1.54) is 19.3 Å². The summed E-state index contributed by atoms with van der Waals surface area (Å²) in [5.41, 5.74) is 0. The molecule has 0 radical (unpaired) electrons. The van der Waals surface area contributed by atoms with E-state index in [0.29, 0.717) is 0 Å². The van der Waals surface area contributed by atoms with Gasteiger partial charge in [-0.15, -0.1) is 0 Å². The Kier molecular flexibility index (Phi) is 3.96. The van der Waals surface area contributed by atoms with E-state index >= 15 is 0 Å².